The summed E-state index contributed by atoms with van der Waals surface area (Å²) in [6.07, 6.45) is -0.752. The second-order valence-electron chi connectivity index (χ2n) is 7.14. The van der Waals surface area contributed by atoms with Gasteiger partial charge < -0.3 is 29.6 Å². The zero-order chi connectivity index (χ0) is 21.7. The Labute approximate surface area is 171 Å². The molecule has 9 nitrogen and oxygen atoms in total. The molecule has 1 rings (SSSR count). The Bertz CT molecular complexity index is 644. The van der Waals surface area contributed by atoms with Crippen molar-refractivity contribution in [3.8, 4) is 0 Å². The molecule has 0 unspecified atom stereocenters. The minimum atomic E-state index is -0.998. The predicted molar refractivity (Wildman–Crippen MR) is 105 cm³/mol. The van der Waals surface area contributed by atoms with Crippen molar-refractivity contribution < 1.29 is 33.3 Å². The van der Waals surface area contributed by atoms with Gasteiger partial charge in [-0.1, -0.05) is 30.3 Å². The molecule has 0 saturated carbocycles. The van der Waals surface area contributed by atoms with Crippen LogP contribution in [-0.2, 0) is 30.3 Å². The number of esters is 1. The first-order valence-electron chi connectivity index (χ1n) is 9.31. The van der Waals surface area contributed by atoms with E-state index in [1.807, 2.05) is 30.3 Å². The van der Waals surface area contributed by atoms with Crippen molar-refractivity contribution >= 4 is 18.2 Å². The first kappa shape index (κ1) is 24.2. The number of carbonyl (C=O) groups is 3. The quantitative estimate of drug-likeness (QED) is 0.346. The maximum absolute atomic E-state index is 11.9. The zero-order valence-electron chi connectivity index (χ0n) is 17.4. The van der Waals surface area contributed by atoms with Crippen molar-refractivity contribution in [3.63, 3.8) is 0 Å². The first-order chi connectivity index (χ1) is 13.7. The van der Waals surface area contributed by atoms with E-state index in [9.17, 15) is 14.4 Å². The number of amides is 2. The molecule has 9 heteroatoms. The molecule has 1 aromatic rings. The van der Waals surface area contributed by atoms with Gasteiger partial charge in [0, 0.05) is 13.2 Å². The molecule has 0 aliphatic heterocycles. The minimum Gasteiger partial charge on any atom is -0.467 e. The van der Waals surface area contributed by atoms with Crippen LogP contribution in [0.3, 0.4) is 0 Å². The lowest BCUT2D eigenvalue weighted by Crippen LogP contribution is -2.45. The van der Waals surface area contributed by atoms with E-state index in [0.717, 1.165) is 5.56 Å². The van der Waals surface area contributed by atoms with Crippen molar-refractivity contribution in [2.45, 2.75) is 45.4 Å². The molecular formula is C20H30N2O7. The van der Waals surface area contributed by atoms with Crippen LogP contribution in [0.2, 0.25) is 0 Å². The van der Waals surface area contributed by atoms with Crippen LogP contribution in [0.5, 0.6) is 0 Å². The topological polar surface area (TPSA) is 112 Å². The number of methoxy groups -OCH3 is 1. The maximum Gasteiger partial charge on any atom is 0.408 e. The third-order valence-electron chi connectivity index (χ3n) is 3.41. The summed E-state index contributed by atoms with van der Waals surface area (Å²) in [6.45, 7) is 5.95. The van der Waals surface area contributed by atoms with Crippen LogP contribution in [0.15, 0.2) is 30.3 Å². The standard InChI is InChI=1S/C20H30N2O7/c1-20(2,3)29-18(24)21-11-8-12-27-14-16(17(23)26-4)22-19(25)28-13-15-9-6-5-7-10-15/h5-7,9-10,16H,8,11-14H2,1-4H3,(H,21,24)(H,22,25)/t16-/m0/s1. The van der Waals surface area contributed by atoms with Crippen LogP contribution >= 0.6 is 0 Å². The number of hydrogen-bond acceptors (Lipinski definition) is 7. The van der Waals surface area contributed by atoms with Crippen LogP contribution in [0.25, 0.3) is 0 Å². The molecule has 0 spiro atoms. The van der Waals surface area contributed by atoms with Gasteiger partial charge in [0.25, 0.3) is 0 Å². The highest BCUT2D eigenvalue weighted by Crippen LogP contribution is 2.06. The Balaban J connectivity index is 2.28. The van der Waals surface area contributed by atoms with Crippen LogP contribution in [0, 0.1) is 0 Å². The van der Waals surface area contributed by atoms with E-state index in [0.29, 0.717) is 13.0 Å². The predicted octanol–water partition coefficient (Wildman–Crippen LogP) is 2.39. The lowest BCUT2D eigenvalue weighted by molar-refractivity contribution is -0.144. The van der Waals surface area contributed by atoms with Gasteiger partial charge in [0.1, 0.15) is 12.2 Å². The molecule has 0 aromatic heterocycles. The monoisotopic (exact) mass is 410 g/mol. The van der Waals surface area contributed by atoms with Crippen LogP contribution in [0.4, 0.5) is 9.59 Å². The fourth-order valence-corrected chi connectivity index (χ4v) is 2.10. The molecule has 162 valence electrons. The molecule has 0 radical (unpaired) electrons. The van der Waals surface area contributed by atoms with Gasteiger partial charge in [0.15, 0.2) is 6.04 Å². The average molecular weight is 410 g/mol. The van der Waals surface area contributed by atoms with Crippen LogP contribution in [-0.4, -0.2) is 56.7 Å². The summed E-state index contributed by atoms with van der Waals surface area (Å²) in [5, 5.41) is 5.03. The Kier molecular flexibility index (Phi) is 10.5. The molecule has 1 aromatic carbocycles. The second kappa shape index (κ2) is 12.6. The van der Waals surface area contributed by atoms with Gasteiger partial charge in [-0.2, -0.15) is 0 Å². The van der Waals surface area contributed by atoms with E-state index < -0.39 is 29.8 Å². The molecule has 2 N–H and O–H groups in total. The number of carbonyl (C=O) groups excluding carboxylic acids is 3. The van der Waals surface area contributed by atoms with E-state index in [-0.39, 0.29) is 19.8 Å². The molecule has 0 bridgehead atoms. The Hall–Kier alpha value is -2.81. The highest BCUT2D eigenvalue weighted by Gasteiger charge is 2.22. The molecule has 0 aliphatic carbocycles. The van der Waals surface area contributed by atoms with E-state index in [4.69, 9.17) is 14.2 Å². The number of ether oxygens (including phenoxy) is 4. The van der Waals surface area contributed by atoms with E-state index in [1.54, 1.807) is 20.8 Å². The van der Waals surface area contributed by atoms with Crippen molar-refractivity contribution in [1.29, 1.82) is 0 Å². The van der Waals surface area contributed by atoms with Gasteiger partial charge in [-0.05, 0) is 32.8 Å². The normalized spacial score (nSPS) is 11.9. The van der Waals surface area contributed by atoms with E-state index in [1.165, 1.54) is 7.11 Å². The Morgan fingerprint density at radius 1 is 1.07 bits per heavy atom. The summed E-state index contributed by atoms with van der Waals surface area (Å²) in [7, 11) is 1.22. The number of nitrogens with one attached hydrogen (secondary N) is 2. The van der Waals surface area contributed by atoms with Gasteiger partial charge in [0.05, 0.1) is 13.7 Å². The minimum absolute atomic E-state index is 0.0811. The highest BCUT2D eigenvalue weighted by atomic mass is 16.6. The van der Waals surface area contributed by atoms with Gasteiger partial charge in [0.2, 0.25) is 0 Å². The summed E-state index contributed by atoms with van der Waals surface area (Å²) in [6, 6.07) is 8.16. The molecule has 0 fully saturated rings. The van der Waals surface area contributed by atoms with Crippen molar-refractivity contribution in [2.24, 2.45) is 0 Å². The summed E-state index contributed by atoms with van der Waals surface area (Å²) >= 11 is 0. The third-order valence-corrected chi connectivity index (χ3v) is 3.41. The molecule has 0 saturated heterocycles. The molecule has 2 amide bonds. The summed E-state index contributed by atoms with van der Waals surface area (Å²) in [5.41, 5.74) is 0.265. The second-order valence-corrected chi connectivity index (χ2v) is 7.14. The van der Waals surface area contributed by atoms with Gasteiger partial charge >= 0.3 is 18.2 Å². The van der Waals surface area contributed by atoms with Crippen LogP contribution in [0.1, 0.15) is 32.8 Å². The summed E-state index contributed by atoms with van der Waals surface area (Å²) < 4.78 is 20.3. The average Bonchev–Trinajstić information content (AvgIpc) is 2.66. The SMILES string of the molecule is COC(=O)[C@H](COCCCNC(=O)OC(C)(C)C)NC(=O)OCc1ccccc1. The lowest BCUT2D eigenvalue weighted by atomic mass is 10.2. The van der Waals surface area contributed by atoms with Gasteiger partial charge in [-0.3, -0.25) is 0 Å². The zero-order valence-corrected chi connectivity index (χ0v) is 17.4. The van der Waals surface area contributed by atoms with Crippen molar-refractivity contribution in [3.05, 3.63) is 35.9 Å². The van der Waals surface area contributed by atoms with Crippen molar-refractivity contribution in [2.75, 3.05) is 26.9 Å². The van der Waals surface area contributed by atoms with Crippen LogP contribution < -0.4 is 10.6 Å². The summed E-state index contributed by atoms with van der Waals surface area (Å²) in [4.78, 5) is 35.2. The number of alkyl carbamates (subject to hydrolysis) is 2. The number of rotatable bonds is 10. The van der Waals surface area contributed by atoms with E-state index >= 15 is 0 Å². The smallest absolute Gasteiger partial charge is 0.408 e. The molecule has 0 heterocycles. The molecule has 0 aliphatic rings. The largest absolute Gasteiger partial charge is 0.467 e. The van der Waals surface area contributed by atoms with E-state index in [2.05, 4.69) is 15.4 Å². The third kappa shape index (κ3) is 11.6. The summed E-state index contributed by atoms with van der Waals surface area (Å²) in [5.74, 6) is -0.645. The van der Waals surface area contributed by atoms with Crippen molar-refractivity contribution in [1.82, 2.24) is 10.6 Å². The molecular weight excluding hydrogens is 380 g/mol. The first-order valence-corrected chi connectivity index (χ1v) is 9.31. The number of benzene rings is 1. The maximum atomic E-state index is 11.9. The number of hydrogen-bond donors (Lipinski definition) is 2. The van der Waals surface area contributed by atoms with Gasteiger partial charge in [-0.25, -0.2) is 14.4 Å². The molecule has 1 atom stereocenters. The Morgan fingerprint density at radius 3 is 2.38 bits per heavy atom. The Morgan fingerprint density at radius 2 is 1.76 bits per heavy atom. The van der Waals surface area contributed by atoms with Gasteiger partial charge in [-0.15, -0.1) is 0 Å². The highest BCUT2D eigenvalue weighted by molar-refractivity contribution is 5.81. The fourth-order valence-electron chi connectivity index (χ4n) is 2.10. The molecule has 29 heavy (non-hydrogen) atoms. The fraction of sp³-hybridized carbons (Fsp3) is 0.550. The lowest BCUT2D eigenvalue weighted by Gasteiger charge is -2.19.